The first-order chi connectivity index (χ1) is 16.5. The van der Waals surface area contributed by atoms with Crippen molar-refractivity contribution in [3.05, 3.63) is 30.0 Å². The SMILES string of the molecule is COc1cc2nn(CC(=O)N3CCN(C)CC3)cc2cc1NC(=O)/C(C)=C/CCC(=N)C(F)(F)F. The fourth-order valence-corrected chi connectivity index (χ4v) is 3.63. The van der Waals surface area contributed by atoms with Gasteiger partial charge in [-0.05, 0) is 32.9 Å². The van der Waals surface area contributed by atoms with Gasteiger partial charge >= 0.3 is 6.18 Å². The Hall–Kier alpha value is -3.41. The molecule has 1 aromatic carbocycles. The number of nitrogens with zero attached hydrogens (tertiary/aromatic N) is 4. The lowest BCUT2D eigenvalue weighted by Gasteiger charge is -2.32. The summed E-state index contributed by atoms with van der Waals surface area (Å²) in [4.78, 5) is 29.2. The van der Waals surface area contributed by atoms with Crippen LogP contribution < -0.4 is 10.1 Å². The van der Waals surface area contributed by atoms with E-state index in [1.54, 1.807) is 23.0 Å². The van der Waals surface area contributed by atoms with Crippen LogP contribution in [0.25, 0.3) is 10.9 Å². The van der Waals surface area contributed by atoms with Crippen LogP contribution in [0.3, 0.4) is 0 Å². The predicted octanol–water partition coefficient (Wildman–Crippen LogP) is 3.07. The van der Waals surface area contributed by atoms with Crippen molar-refractivity contribution in [3.8, 4) is 5.75 Å². The highest BCUT2D eigenvalue weighted by Gasteiger charge is 2.33. The predicted molar refractivity (Wildman–Crippen MR) is 126 cm³/mol. The smallest absolute Gasteiger partial charge is 0.428 e. The molecular weight excluding hydrogens is 465 g/mol. The number of nitrogens with one attached hydrogen (secondary N) is 2. The first kappa shape index (κ1) is 26.2. The van der Waals surface area contributed by atoms with Gasteiger partial charge in [0.25, 0.3) is 5.91 Å². The Labute approximate surface area is 201 Å². The van der Waals surface area contributed by atoms with Gasteiger partial charge in [0, 0.05) is 49.4 Å². The Kier molecular flexibility index (Phi) is 8.15. The molecule has 2 heterocycles. The number of hydrogen-bond donors (Lipinski definition) is 2. The first-order valence-electron chi connectivity index (χ1n) is 11.1. The standard InChI is InChI=1S/C23H29F3N6O3/c1-15(5-4-6-20(27)23(24,25)26)22(34)28-18-11-16-13-32(29-17(16)12-19(18)35-3)14-21(33)31-9-7-30(2)8-10-31/h5,11-13,27H,4,6-10,14H2,1-3H3,(H,28,34)/b15-5+,27-20?. The number of carbonyl (C=O) groups is 2. The summed E-state index contributed by atoms with van der Waals surface area (Å²) in [6.45, 7) is 4.57. The van der Waals surface area contributed by atoms with Crippen LogP contribution in [0.1, 0.15) is 19.8 Å². The highest BCUT2D eigenvalue weighted by molar-refractivity contribution is 6.05. The Morgan fingerprint density at radius 3 is 2.54 bits per heavy atom. The number of piperazine rings is 1. The third kappa shape index (κ3) is 6.81. The fraction of sp³-hybridized carbons (Fsp3) is 0.478. The van der Waals surface area contributed by atoms with Crippen LogP contribution in [0, 0.1) is 5.41 Å². The van der Waals surface area contributed by atoms with E-state index in [1.807, 2.05) is 11.9 Å². The van der Waals surface area contributed by atoms with Gasteiger partial charge in [-0.1, -0.05) is 6.08 Å². The third-order valence-corrected chi connectivity index (χ3v) is 5.82. The number of methoxy groups -OCH3 is 1. The molecule has 12 heteroatoms. The topological polar surface area (TPSA) is 104 Å². The molecule has 0 saturated carbocycles. The molecule has 1 saturated heterocycles. The Bertz CT molecular complexity index is 1130. The maximum absolute atomic E-state index is 12.6. The molecule has 0 aliphatic carbocycles. The van der Waals surface area contributed by atoms with Crippen LogP contribution in [0.5, 0.6) is 5.75 Å². The molecule has 0 atom stereocenters. The molecule has 0 unspecified atom stereocenters. The van der Waals surface area contributed by atoms with E-state index >= 15 is 0 Å². The Balaban J connectivity index is 1.68. The molecule has 9 nitrogen and oxygen atoms in total. The van der Waals surface area contributed by atoms with Gasteiger partial charge in [0.15, 0.2) is 0 Å². The number of benzene rings is 1. The number of anilines is 1. The van der Waals surface area contributed by atoms with Gasteiger partial charge in [-0.25, -0.2) is 0 Å². The summed E-state index contributed by atoms with van der Waals surface area (Å²) >= 11 is 0. The van der Waals surface area contributed by atoms with Crippen LogP contribution >= 0.6 is 0 Å². The van der Waals surface area contributed by atoms with E-state index in [9.17, 15) is 22.8 Å². The van der Waals surface area contributed by atoms with Crippen molar-refractivity contribution >= 4 is 34.1 Å². The fourth-order valence-electron chi connectivity index (χ4n) is 3.63. The molecule has 0 bridgehead atoms. The molecule has 2 N–H and O–H groups in total. The van der Waals surface area contributed by atoms with E-state index in [2.05, 4.69) is 15.3 Å². The molecule has 1 aromatic heterocycles. The summed E-state index contributed by atoms with van der Waals surface area (Å²) in [5, 5.41) is 14.8. The highest BCUT2D eigenvalue weighted by Crippen LogP contribution is 2.30. The number of aromatic nitrogens is 2. The largest absolute Gasteiger partial charge is 0.494 e. The van der Waals surface area contributed by atoms with Crippen molar-refractivity contribution < 1.29 is 27.5 Å². The van der Waals surface area contributed by atoms with Crippen LogP contribution in [0.15, 0.2) is 30.0 Å². The van der Waals surface area contributed by atoms with Gasteiger partial charge in [0.05, 0.1) is 18.3 Å². The lowest BCUT2D eigenvalue weighted by molar-refractivity contribution is -0.133. The highest BCUT2D eigenvalue weighted by atomic mass is 19.4. The molecule has 1 fully saturated rings. The third-order valence-electron chi connectivity index (χ3n) is 5.82. The second-order valence-corrected chi connectivity index (χ2v) is 8.48. The number of hydrogen-bond acceptors (Lipinski definition) is 6. The zero-order valence-electron chi connectivity index (χ0n) is 19.9. The molecule has 0 radical (unpaired) electrons. The van der Waals surface area contributed by atoms with Gasteiger partial charge in [0.2, 0.25) is 5.91 Å². The second kappa shape index (κ2) is 10.9. The lowest BCUT2D eigenvalue weighted by Crippen LogP contribution is -2.48. The summed E-state index contributed by atoms with van der Waals surface area (Å²) in [6, 6.07) is 3.31. The minimum Gasteiger partial charge on any atom is -0.494 e. The summed E-state index contributed by atoms with van der Waals surface area (Å²) in [5.74, 6) is -0.169. The molecule has 1 aliphatic heterocycles. The number of fused-ring (bicyclic) bond motifs is 1. The normalized spacial score (nSPS) is 15.4. The van der Waals surface area contributed by atoms with E-state index in [-0.39, 0.29) is 24.4 Å². The van der Waals surface area contributed by atoms with Crippen LogP contribution in [-0.4, -0.2) is 83.6 Å². The zero-order valence-corrected chi connectivity index (χ0v) is 19.9. The van der Waals surface area contributed by atoms with Crippen molar-refractivity contribution in [2.24, 2.45) is 0 Å². The number of alkyl halides is 3. The van der Waals surface area contributed by atoms with Crippen LogP contribution in [0.4, 0.5) is 18.9 Å². The number of ether oxygens (including phenoxy) is 1. The van der Waals surface area contributed by atoms with E-state index in [4.69, 9.17) is 10.1 Å². The lowest BCUT2D eigenvalue weighted by atomic mass is 10.1. The van der Waals surface area contributed by atoms with Crippen molar-refractivity contribution in [2.45, 2.75) is 32.5 Å². The van der Waals surface area contributed by atoms with Gasteiger partial charge in [-0.15, -0.1) is 0 Å². The van der Waals surface area contributed by atoms with E-state index in [1.165, 1.54) is 20.1 Å². The molecule has 3 rings (SSSR count). The van der Waals surface area contributed by atoms with Crippen molar-refractivity contribution in [1.29, 1.82) is 5.41 Å². The molecule has 35 heavy (non-hydrogen) atoms. The summed E-state index contributed by atoms with van der Waals surface area (Å²) in [7, 11) is 3.46. The quantitative estimate of drug-likeness (QED) is 0.434. The number of carbonyl (C=O) groups excluding carboxylic acids is 2. The molecule has 1 aliphatic rings. The van der Waals surface area contributed by atoms with Gasteiger partial charge < -0.3 is 25.3 Å². The number of likely N-dealkylation sites (N-methyl/N-ethyl adjacent to an activating group) is 1. The molecule has 2 aromatic rings. The van der Waals surface area contributed by atoms with E-state index in [0.29, 0.717) is 35.4 Å². The first-order valence-corrected chi connectivity index (χ1v) is 11.1. The number of allylic oxidation sites excluding steroid dienone is 1. The van der Waals surface area contributed by atoms with Gasteiger partial charge in [-0.3, -0.25) is 14.3 Å². The summed E-state index contributed by atoms with van der Waals surface area (Å²) < 4.78 is 44.2. The minimum atomic E-state index is -4.66. The second-order valence-electron chi connectivity index (χ2n) is 8.48. The molecule has 0 spiro atoms. The monoisotopic (exact) mass is 494 g/mol. The average molecular weight is 495 g/mol. The zero-order chi connectivity index (χ0) is 25.8. The number of rotatable bonds is 8. The molecular formula is C23H29F3N6O3. The van der Waals surface area contributed by atoms with Crippen LogP contribution in [-0.2, 0) is 16.1 Å². The van der Waals surface area contributed by atoms with E-state index in [0.717, 1.165) is 13.1 Å². The Morgan fingerprint density at radius 2 is 1.91 bits per heavy atom. The number of halogens is 3. The minimum absolute atomic E-state index is 0.0224. The maximum atomic E-state index is 12.6. The van der Waals surface area contributed by atoms with Crippen molar-refractivity contribution in [1.82, 2.24) is 19.6 Å². The molecule has 190 valence electrons. The summed E-state index contributed by atoms with van der Waals surface area (Å²) in [5.41, 5.74) is -0.164. The number of amides is 2. The van der Waals surface area contributed by atoms with Gasteiger partial charge in [-0.2, -0.15) is 18.3 Å². The Morgan fingerprint density at radius 1 is 1.23 bits per heavy atom. The van der Waals surface area contributed by atoms with E-state index < -0.39 is 24.2 Å². The molecule has 2 amide bonds. The van der Waals surface area contributed by atoms with Crippen LogP contribution in [0.2, 0.25) is 0 Å². The van der Waals surface area contributed by atoms with Crippen molar-refractivity contribution in [2.75, 3.05) is 45.7 Å². The summed E-state index contributed by atoms with van der Waals surface area (Å²) in [6.07, 6.45) is -2.17. The maximum Gasteiger partial charge on any atom is 0.428 e. The average Bonchev–Trinajstić information content (AvgIpc) is 3.18. The van der Waals surface area contributed by atoms with Gasteiger partial charge in [0.1, 0.15) is 18.0 Å². The van der Waals surface area contributed by atoms with Crippen molar-refractivity contribution in [3.63, 3.8) is 0 Å².